The van der Waals surface area contributed by atoms with Crippen LogP contribution in [0.1, 0.15) is 43.0 Å². The van der Waals surface area contributed by atoms with Crippen LogP contribution in [-0.4, -0.2) is 12.6 Å². The molecule has 0 saturated heterocycles. The van der Waals surface area contributed by atoms with E-state index in [1.54, 1.807) is 6.07 Å². The van der Waals surface area contributed by atoms with Crippen LogP contribution in [0.4, 0.5) is 0 Å². The highest BCUT2D eigenvalue weighted by Gasteiger charge is 2.20. The molecule has 0 bridgehead atoms. The molecule has 128 valence electrons. The van der Waals surface area contributed by atoms with E-state index in [9.17, 15) is 4.79 Å². The fourth-order valence-electron chi connectivity index (χ4n) is 2.43. The molecule has 0 spiro atoms. The Kier molecular flexibility index (Phi) is 5.33. The zero-order valence-corrected chi connectivity index (χ0v) is 15.4. The molecule has 0 atom stereocenters. The monoisotopic (exact) mass is 326 g/mol. The largest absolute Gasteiger partial charge is 0.482 e. The summed E-state index contributed by atoms with van der Waals surface area (Å²) in [7, 11) is 0. The number of rotatable bonds is 4. The van der Waals surface area contributed by atoms with Gasteiger partial charge in [-0.1, -0.05) is 44.5 Å². The highest BCUT2D eigenvalue weighted by molar-refractivity contribution is 5.74. The van der Waals surface area contributed by atoms with Gasteiger partial charge in [0.25, 0.3) is 0 Å². The summed E-state index contributed by atoms with van der Waals surface area (Å²) in [6, 6.07) is 11.6. The molecule has 2 aromatic carbocycles. The Balaban J connectivity index is 2.05. The molecule has 0 unspecified atom stereocenters. The maximum atomic E-state index is 12.1. The van der Waals surface area contributed by atoms with Crippen LogP contribution in [0.25, 0.3) is 0 Å². The van der Waals surface area contributed by atoms with Crippen molar-refractivity contribution >= 4 is 5.97 Å². The highest BCUT2D eigenvalue weighted by Crippen LogP contribution is 2.32. The Morgan fingerprint density at radius 2 is 1.67 bits per heavy atom. The Bertz CT molecular complexity index is 739. The average Bonchev–Trinajstić information content (AvgIpc) is 2.49. The molecule has 0 saturated carbocycles. The molecule has 0 aliphatic rings. The van der Waals surface area contributed by atoms with E-state index in [4.69, 9.17) is 9.47 Å². The summed E-state index contributed by atoms with van der Waals surface area (Å²) in [4.78, 5) is 12.1. The van der Waals surface area contributed by atoms with Crippen molar-refractivity contribution in [1.82, 2.24) is 0 Å². The molecule has 3 heteroatoms. The first-order valence-corrected chi connectivity index (χ1v) is 8.18. The van der Waals surface area contributed by atoms with Gasteiger partial charge in [-0.05, 0) is 61.1 Å². The number of hydrogen-bond donors (Lipinski definition) is 0. The first kappa shape index (κ1) is 18.1. The summed E-state index contributed by atoms with van der Waals surface area (Å²) < 4.78 is 11.1. The van der Waals surface area contributed by atoms with Gasteiger partial charge in [0, 0.05) is 0 Å². The topological polar surface area (TPSA) is 35.5 Å². The van der Waals surface area contributed by atoms with Crippen molar-refractivity contribution in [3.63, 3.8) is 0 Å². The van der Waals surface area contributed by atoms with E-state index in [-0.39, 0.29) is 12.0 Å². The third kappa shape index (κ3) is 4.60. The molecule has 0 amide bonds. The van der Waals surface area contributed by atoms with Gasteiger partial charge in [-0.3, -0.25) is 0 Å². The van der Waals surface area contributed by atoms with E-state index in [0.29, 0.717) is 5.75 Å². The second kappa shape index (κ2) is 7.08. The van der Waals surface area contributed by atoms with Crippen molar-refractivity contribution < 1.29 is 14.3 Å². The van der Waals surface area contributed by atoms with Gasteiger partial charge in [-0.2, -0.15) is 0 Å². The van der Waals surface area contributed by atoms with Crippen molar-refractivity contribution in [1.29, 1.82) is 0 Å². The number of esters is 1. The standard InChI is InChI=1S/C21H26O3/c1-14-7-10-19(18(11-14)21(4,5)6)23-13-20(22)24-17-9-8-15(2)16(3)12-17/h7-12H,13H2,1-6H3. The lowest BCUT2D eigenvalue weighted by molar-refractivity contribution is -0.136. The predicted molar refractivity (Wildman–Crippen MR) is 96.9 cm³/mol. The van der Waals surface area contributed by atoms with Crippen LogP contribution in [-0.2, 0) is 10.2 Å². The van der Waals surface area contributed by atoms with E-state index in [1.165, 1.54) is 11.1 Å². The zero-order valence-electron chi connectivity index (χ0n) is 15.4. The van der Waals surface area contributed by atoms with Crippen molar-refractivity contribution in [3.8, 4) is 11.5 Å². The first-order chi connectivity index (χ1) is 11.2. The summed E-state index contributed by atoms with van der Waals surface area (Å²) in [5, 5.41) is 0. The molecule has 0 aliphatic carbocycles. The summed E-state index contributed by atoms with van der Waals surface area (Å²) in [5.41, 5.74) is 4.46. The molecule has 3 nitrogen and oxygen atoms in total. The van der Waals surface area contributed by atoms with Crippen LogP contribution in [0, 0.1) is 20.8 Å². The van der Waals surface area contributed by atoms with Crippen molar-refractivity contribution in [2.24, 2.45) is 0 Å². The molecule has 0 N–H and O–H groups in total. The lowest BCUT2D eigenvalue weighted by Crippen LogP contribution is -2.20. The Morgan fingerprint density at radius 1 is 0.958 bits per heavy atom. The minimum Gasteiger partial charge on any atom is -0.482 e. The minimum atomic E-state index is -0.404. The molecule has 0 aliphatic heterocycles. The summed E-state index contributed by atoms with van der Waals surface area (Å²) in [6.07, 6.45) is 0. The van der Waals surface area contributed by atoms with Crippen LogP contribution in [0.2, 0.25) is 0 Å². The Hall–Kier alpha value is -2.29. The SMILES string of the molecule is Cc1ccc(OCC(=O)Oc2ccc(C)c(C)c2)c(C(C)(C)C)c1. The minimum absolute atomic E-state index is 0.0562. The number of aryl methyl sites for hydroxylation is 3. The van der Waals surface area contributed by atoms with E-state index in [2.05, 4.69) is 26.8 Å². The van der Waals surface area contributed by atoms with Gasteiger partial charge in [-0.25, -0.2) is 4.79 Å². The smallest absolute Gasteiger partial charge is 0.349 e. The number of benzene rings is 2. The average molecular weight is 326 g/mol. The van der Waals surface area contributed by atoms with E-state index >= 15 is 0 Å². The normalized spacial score (nSPS) is 11.2. The number of ether oxygens (including phenoxy) is 2. The quantitative estimate of drug-likeness (QED) is 0.592. The number of carbonyl (C=O) groups is 1. The van der Waals surface area contributed by atoms with Crippen LogP contribution in [0.15, 0.2) is 36.4 Å². The Morgan fingerprint density at radius 3 is 2.29 bits per heavy atom. The molecule has 0 heterocycles. The van der Waals surface area contributed by atoms with Gasteiger partial charge in [-0.15, -0.1) is 0 Å². The van der Waals surface area contributed by atoms with Gasteiger partial charge in [0.05, 0.1) is 0 Å². The summed E-state index contributed by atoms with van der Waals surface area (Å²) in [5.74, 6) is 0.871. The van der Waals surface area contributed by atoms with E-state index < -0.39 is 5.97 Å². The molecule has 0 aromatic heterocycles. The van der Waals surface area contributed by atoms with Crippen LogP contribution in [0.5, 0.6) is 11.5 Å². The zero-order chi connectivity index (χ0) is 17.9. The van der Waals surface area contributed by atoms with Crippen LogP contribution in [0.3, 0.4) is 0 Å². The molecule has 2 rings (SSSR count). The Labute approximate surface area is 144 Å². The predicted octanol–water partition coefficient (Wildman–Crippen LogP) is 4.89. The molecule has 24 heavy (non-hydrogen) atoms. The summed E-state index contributed by atoms with van der Waals surface area (Å²) >= 11 is 0. The van der Waals surface area contributed by atoms with Crippen LogP contribution >= 0.6 is 0 Å². The molecular weight excluding hydrogens is 300 g/mol. The van der Waals surface area contributed by atoms with Gasteiger partial charge >= 0.3 is 5.97 Å². The van der Waals surface area contributed by atoms with Crippen molar-refractivity contribution in [2.45, 2.75) is 47.0 Å². The lowest BCUT2D eigenvalue weighted by Gasteiger charge is -2.23. The van der Waals surface area contributed by atoms with Gasteiger partial charge in [0.1, 0.15) is 11.5 Å². The fraction of sp³-hybridized carbons (Fsp3) is 0.381. The molecule has 0 radical (unpaired) electrons. The highest BCUT2D eigenvalue weighted by atomic mass is 16.6. The third-order valence-corrected chi connectivity index (χ3v) is 4.00. The van der Waals surface area contributed by atoms with Crippen molar-refractivity contribution in [2.75, 3.05) is 6.61 Å². The van der Waals surface area contributed by atoms with Crippen molar-refractivity contribution in [3.05, 3.63) is 58.7 Å². The number of hydrogen-bond acceptors (Lipinski definition) is 3. The maximum Gasteiger partial charge on any atom is 0.349 e. The second-order valence-electron chi connectivity index (χ2n) is 7.26. The van der Waals surface area contributed by atoms with Crippen LogP contribution < -0.4 is 9.47 Å². The summed E-state index contributed by atoms with van der Waals surface area (Å²) in [6.45, 7) is 12.3. The number of carbonyl (C=O) groups excluding carboxylic acids is 1. The third-order valence-electron chi connectivity index (χ3n) is 4.00. The first-order valence-electron chi connectivity index (χ1n) is 8.18. The molecule has 2 aromatic rings. The lowest BCUT2D eigenvalue weighted by atomic mass is 9.85. The van der Waals surface area contributed by atoms with E-state index in [1.807, 2.05) is 45.0 Å². The second-order valence-corrected chi connectivity index (χ2v) is 7.26. The fourth-order valence-corrected chi connectivity index (χ4v) is 2.43. The van der Waals surface area contributed by atoms with E-state index in [0.717, 1.165) is 16.9 Å². The van der Waals surface area contributed by atoms with Gasteiger partial charge < -0.3 is 9.47 Å². The molecule has 0 fully saturated rings. The molecular formula is C21H26O3. The van der Waals surface area contributed by atoms with Gasteiger partial charge in [0.15, 0.2) is 6.61 Å². The van der Waals surface area contributed by atoms with Gasteiger partial charge in [0.2, 0.25) is 0 Å². The maximum absolute atomic E-state index is 12.1.